The molecule has 1 aliphatic carbocycles. The third kappa shape index (κ3) is 7.02. The number of amides is 3. The van der Waals surface area contributed by atoms with Crippen LogP contribution in [0.2, 0.25) is 0 Å². The normalized spacial score (nSPS) is 15.0. The number of carbonyl (C=O) groups excluding carboxylic acids is 3. The van der Waals surface area contributed by atoms with Crippen LogP contribution in [0.25, 0.3) is 0 Å². The fourth-order valence-electron chi connectivity index (χ4n) is 4.21. The molecule has 8 nitrogen and oxygen atoms in total. The number of para-hydroxylation sites is 2. The molecular weight excluding hydrogens is 470 g/mol. The van der Waals surface area contributed by atoms with Gasteiger partial charge in [-0.3, -0.25) is 9.59 Å². The van der Waals surface area contributed by atoms with Crippen LogP contribution in [0.3, 0.4) is 0 Å². The lowest BCUT2D eigenvalue weighted by Crippen LogP contribution is -2.55. The van der Waals surface area contributed by atoms with Crippen LogP contribution in [-0.4, -0.2) is 45.6 Å². The van der Waals surface area contributed by atoms with Gasteiger partial charge in [0, 0.05) is 17.3 Å². The maximum absolute atomic E-state index is 14.1. The Bertz CT molecular complexity index is 1150. The van der Waals surface area contributed by atoms with Gasteiger partial charge in [0.25, 0.3) is 5.91 Å². The SMILES string of the molecule is Cc1ccccc1NC(=O)C(c1cccc(C)c1O)N(C(=O)C(NC(=O)OC(C)(C)C)C(C)C)C1CC1. The van der Waals surface area contributed by atoms with Gasteiger partial charge in [0.1, 0.15) is 23.4 Å². The molecule has 3 N–H and O–H groups in total. The molecule has 0 radical (unpaired) electrons. The maximum Gasteiger partial charge on any atom is 0.408 e. The van der Waals surface area contributed by atoms with E-state index in [1.807, 2.05) is 39.0 Å². The van der Waals surface area contributed by atoms with Crippen LogP contribution >= 0.6 is 0 Å². The minimum atomic E-state index is -1.10. The number of aryl methyl sites for hydroxylation is 2. The smallest absolute Gasteiger partial charge is 0.408 e. The summed E-state index contributed by atoms with van der Waals surface area (Å²) < 4.78 is 5.40. The number of alkyl carbamates (subject to hydrolysis) is 1. The van der Waals surface area contributed by atoms with Gasteiger partial charge < -0.3 is 25.4 Å². The number of phenols is 1. The number of ether oxygens (including phenoxy) is 1. The number of hydrogen-bond acceptors (Lipinski definition) is 5. The molecule has 2 aromatic carbocycles. The van der Waals surface area contributed by atoms with E-state index < -0.39 is 35.6 Å². The van der Waals surface area contributed by atoms with E-state index in [1.165, 1.54) is 4.90 Å². The third-order valence-corrected chi connectivity index (χ3v) is 6.29. The van der Waals surface area contributed by atoms with E-state index in [-0.39, 0.29) is 17.7 Å². The van der Waals surface area contributed by atoms with E-state index in [2.05, 4.69) is 10.6 Å². The summed E-state index contributed by atoms with van der Waals surface area (Å²) in [6, 6.07) is 10.3. The summed E-state index contributed by atoms with van der Waals surface area (Å²) in [4.78, 5) is 42.1. The average molecular weight is 510 g/mol. The first kappa shape index (κ1) is 28.0. The standard InChI is InChI=1S/C29H39N3O5/c1-17(2)23(31-28(36)37-29(5,6)7)27(35)32(20-15-16-20)24(21-13-10-12-19(4)25(21)33)26(34)30-22-14-9-8-11-18(22)3/h8-14,17,20,23-24,33H,15-16H2,1-7H3,(H,30,34)(H,31,36). The highest BCUT2D eigenvalue weighted by Gasteiger charge is 2.45. The quantitative estimate of drug-likeness (QED) is 0.452. The molecule has 3 rings (SSSR count). The van der Waals surface area contributed by atoms with Crippen LogP contribution < -0.4 is 10.6 Å². The molecule has 37 heavy (non-hydrogen) atoms. The van der Waals surface area contributed by atoms with Gasteiger partial charge in [-0.15, -0.1) is 0 Å². The van der Waals surface area contributed by atoms with Gasteiger partial charge >= 0.3 is 6.09 Å². The molecule has 1 saturated carbocycles. The minimum absolute atomic E-state index is 0.0351. The fraction of sp³-hybridized carbons (Fsp3) is 0.483. The third-order valence-electron chi connectivity index (χ3n) is 6.29. The lowest BCUT2D eigenvalue weighted by molar-refractivity contribution is -0.142. The van der Waals surface area contributed by atoms with Gasteiger partial charge in [-0.1, -0.05) is 50.2 Å². The van der Waals surface area contributed by atoms with E-state index in [0.29, 0.717) is 16.8 Å². The second kappa shape index (κ2) is 11.2. The van der Waals surface area contributed by atoms with E-state index in [4.69, 9.17) is 4.74 Å². The number of nitrogens with one attached hydrogen (secondary N) is 2. The van der Waals surface area contributed by atoms with Gasteiger partial charge in [0.05, 0.1) is 0 Å². The highest BCUT2D eigenvalue weighted by molar-refractivity contribution is 6.00. The van der Waals surface area contributed by atoms with Crippen molar-refractivity contribution in [1.29, 1.82) is 0 Å². The van der Waals surface area contributed by atoms with Gasteiger partial charge in [-0.2, -0.15) is 0 Å². The summed E-state index contributed by atoms with van der Waals surface area (Å²) in [5.41, 5.74) is 1.71. The Balaban J connectivity index is 2.04. The molecule has 8 heteroatoms. The zero-order chi connectivity index (χ0) is 27.5. The van der Waals surface area contributed by atoms with Crippen molar-refractivity contribution in [2.24, 2.45) is 5.92 Å². The molecule has 3 amide bonds. The number of rotatable bonds is 8. The largest absolute Gasteiger partial charge is 0.507 e. The summed E-state index contributed by atoms with van der Waals surface area (Å²) in [5, 5.41) is 16.7. The summed E-state index contributed by atoms with van der Waals surface area (Å²) in [7, 11) is 0. The second-order valence-corrected chi connectivity index (χ2v) is 11.1. The average Bonchev–Trinajstić information content (AvgIpc) is 3.63. The van der Waals surface area contributed by atoms with Crippen LogP contribution in [0.1, 0.15) is 70.2 Å². The summed E-state index contributed by atoms with van der Waals surface area (Å²) in [6.07, 6.45) is 0.752. The van der Waals surface area contributed by atoms with Crippen LogP contribution in [0.5, 0.6) is 5.75 Å². The summed E-state index contributed by atoms with van der Waals surface area (Å²) in [5.74, 6) is -1.14. The molecule has 0 saturated heterocycles. The first-order valence-corrected chi connectivity index (χ1v) is 12.8. The highest BCUT2D eigenvalue weighted by atomic mass is 16.6. The lowest BCUT2D eigenvalue weighted by atomic mass is 9.96. The topological polar surface area (TPSA) is 108 Å². The number of aromatic hydroxyl groups is 1. The number of benzene rings is 2. The Kier molecular flexibility index (Phi) is 8.51. The first-order valence-electron chi connectivity index (χ1n) is 12.8. The Hall–Kier alpha value is -3.55. The van der Waals surface area contributed by atoms with E-state index in [1.54, 1.807) is 52.0 Å². The molecular formula is C29H39N3O5. The van der Waals surface area contributed by atoms with Gasteiger partial charge in [0.15, 0.2) is 0 Å². The Morgan fingerprint density at radius 3 is 2.19 bits per heavy atom. The Morgan fingerprint density at radius 2 is 1.62 bits per heavy atom. The Labute approximate surface area is 219 Å². The van der Waals surface area contributed by atoms with Gasteiger partial charge in [0.2, 0.25) is 5.91 Å². The molecule has 2 unspecified atom stereocenters. The van der Waals surface area contributed by atoms with Gasteiger partial charge in [-0.05, 0) is 70.6 Å². The monoisotopic (exact) mass is 509 g/mol. The second-order valence-electron chi connectivity index (χ2n) is 11.1. The molecule has 0 aromatic heterocycles. The van der Waals surface area contributed by atoms with Crippen molar-refractivity contribution in [3.05, 3.63) is 59.2 Å². The predicted octanol–water partition coefficient (Wildman–Crippen LogP) is 5.23. The van der Waals surface area contributed by atoms with Crippen molar-refractivity contribution in [3.63, 3.8) is 0 Å². The van der Waals surface area contributed by atoms with Crippen molar-refractivity contribution in [3.8, 4) is 5.75 Å². The van der Waals surface area contributed by atoms with Crippen molar-refractivity contribution >= 4 is 23.6 Å². The van der Waals surface area contributed by atoms with Crippen molar-refractivity contribution in [1.82, 2.24) is 10.2 Å². The molecule has 2 atom stereocenters. The predicted molar refractivity (Wildman–Crippen MR) is 143 cm³/mol. The first-order chi connectivity index (χ1) is 17.3. The number of nitrogens with zero attached hydrogens (tertiary/aromatic N) is 1. The summed E-state index contributed by atoms with van der Waals surface area (Å²) in [6.45, 7) is 12.6. The molecule has 0 bridgehead atoms. The van der Waals surface area contributed by atoms with Crippen LogP contribution in [-0.2, 0) is 14.3 Å². The van der Waals surface area contributed by atoms with Crippen LogP contribution in [0.4, 0.5) is 10.5 Å². The number of carbonyl (C=O) groups is 3. The zero-order valence-corrected chi connectivity index (χ0v) is 22.8. The fourth-order valence-corrected chi connectivity index (χ4v) is 4.21. The van der Waals surface area contributed by atoms with E-state index in [0.717, 1.165) is 18.4 Å². The van der Waals surface area contributed by atoms with Crippen molar-refractivity contribution in [2.75, 3.05) is 5.32 Å². The van der Waals surface area contributed by atoms with Crippen LogP contribution in [0, 0.1) is 19.8 Å². The number of phenolic OH excluding ortho intramolecular Hbond substituents is 1. The number of anilines is 1. The van der Waals surface area contributed by atoms with Crippen molar-refractivity contribution in [2.45, 2.75) is 85.0 Å². The molecule has 0 aliphatic heterocycles. The summed E-state index contributed by atoms with van der Waals surface area (Å²) >= 11 is 0. The number of hydrogen-bond donors (Lipinski definition) is 3. The Morgan fingerprint density at radius 1 is 1.00 bits per heavy atom. The van der Waals surface area contributed by atoms with Crippen LogP contribution in [0.15, 0.2) is 42.5 Å². The minimum Gasteiger partial charge on any atom is -0.507 e. The maximum atomic E-state index is 14.1. The van der Waals surface area contributed by atoms with Gasteiger partial charge in [-0.25, -0.2) is 4.79 Å². The molecule has 0 spiro atoms. The highest BCUT2D eigenvalue weighted by Crippen LogP contribution is 2.40. The van der Waals surface area contributed by atoms with E-state index >= 15 is 0 Å². The van der Waals surface area contributed by atoms with E-state index in [9.17, 15) is 19.5 Å². The van der Waals surface area contributed by atoms with Crippen molar-refractivity contribution < 1.29 is 24.2 Å². The molecule has 1 fully saturated rings. The molecule has 0 heterocycles. The molecule has 2 aromatic rings. The zero-order valence-electron chi connectivity index (χ0n) is 22.8. The lowest BCUT2D eigenvalue weighted by Gasteiger charge is -2.36. The molecule has 200 valence electrons. The molecule has 1 aliphatic rings.